The second-order valence-corrected chi connectivity index (χ2v) is 7.10. The number of pyridine rings is 1. The van der Waals surface area contributed by atoms with Gasteiger partial charge in [-0.05, 0) is 36.6 Å². The van der Waals surface area contributed by atoms with Crippen LogP contribution in [0.1, 0.15) is 12.0 Å². The number of aromatic amines is 1. The SMILES string of the molecule is CN=C(NCCCc1c[nH]c2ccccc12)N1CCN(c2ccccn2)CC1. The van der Waals surface area contributed by atoms with Gasteiger partial charge in [-0.25, -0.2) is 4.98 Å². The predicted octanol–water partition coefficient (Wildman–Crippen LogP) is 2.89. The number of H-pyrrole nitrogens is 1. The Morgan fingerprint density at radius 1 is 1.11 bits per heavy atom. The predicted molar refractivity (Wildman–Crippen MR) is 116 cm³/mol. The minimum atomic E-state index is 0.923. The number of aliphatic imine (C=N–C) groups is 1. The minimum Gasteiger partial charge on any atom is -0.361 e. The molecule has 6 nitrogen and oxygen atoms in total. The van der Waals surface area contributed by atoms with E-state index in [1.54, 1.807) is 0 Å². The van der Waals surface area contributed by atoms with Crippen LogP contribution in [-0.4, -0.2) is 60.6 Å². The number of nitrogens with zero attached hydrogens (tertiary/aromatic N) is 4. The van der Waals surface area contributed by atoms with Crippen LogP contribution in [0.25, 0.3) is 10.9 Å². The van der Waals surface area contributed by atoms with E-state index < -0.39 is 0 Å². The van der Waals surface area contributed by atoms with Gasteiger partial charge < -0.3 is 20.1 Å². The Balaban J connectivity index is 1.24. The second kappa shape index (κ2) is 8.78. The standard InChI is InChI=1S/C22H28N6/c1-23-22(28-15-13-27(14-16-28)21-10-4-5-11-24-21)25-12-6-7-18-17-26-20-9-3-2-8-19(18)20/h2-5,8-11,17,26H,6-7,12-16H2,1H3,(H,23,25). The number of rotatable bonds is 5. The van der Waals surface area contributed by atoms with Crippen molar-refractivity contribution >= 4 is 22.7 Å². The highest BCUT2D eigenvalue weighted by Crippen LogP contribution is 2.18. The summed E-state index contributed by atoms with van der Waals surface area (Å²) in [6, 6.07) is 14.6. The molecule has 0 bridgehead atoms. The second-order valence-electron chi connectivity index (χ2n) is 7.10. The fraction of sp³-hybridized carbons (Fsp3) is 0.364. The molecule has 3 aromatic rings. The average molecular weight is 377 g/mol. The molecule has 28 heavy (non-hydrogen) atoms. The van der Waals surface area contributed by atoms with Gasteiger partial charge in [-0.3, -0.25) is 4.99 Å². The molecular weight excluding hydrogens is 348 g/mol. The van der Waals surface area contributed by atoms with E-state index in [1.165, 1.54) is 16.5 Å². The third-order valence-electron chi connectivity index (χ3n) is 5.35. The zero-order chi connectivity index (χ0) is 19.2. The molecule has 2 aromatic heterocycles. The molecule has 2 N–H and O–H groups in total. The molecule has 6 heteroatoms. The van der Waals surface area contributed by atoms with Gasteiger partial charge in [0.05, 0.1) is 0 Å². The number of fused-ring (bicyclic) bond motifs is 1. The average Bonchev–Trinajstić information content (AvgIpc) is 3.18. The van der Waals surface area contributed by atoms with Crippen LogP contribution in [-0.2, 0) is 6.42 Å². The summed E-state index contributed by atoms with van der Waals surface area (Å²) in [5.74, 6) is 2.06. The number of benzene rings is 1. The first-order chi connectivity index (χ1) is 13.8. The molecular formula is C22H28N6. The smallest absolute Gasteiger partial charge is 0.193 e. The maximum absolute atomic E-state index is 4.49. The Morgan fingerprint density at radius 3 is 2.71 bits per heavy atom. The zero-order valence-electron chi connectivity index (χ0n) is 16.4. The molecule has 0 spiro atoms. The fourth-order valence-corrected chi connectivity index (χ4v) is 3.84. The van der Waals surface area contributed by atoms with Crippen molar-refractivity contribution in [3.63, 3.8) is 0 Å². The molecule has 0 radical (unpaired) electrons. The number of hydrogen-bond donors (Lipinski definition) is 2. The quantitative estimate of drug-likeness (QED) is 0.408. The first kappa shape index (κ1) is 18.3. The summed E-state index contributed by atoms with van der Waals surface area (Å²) in [4.78, 5) is 17.0. The number of hydrogen-bond acceptors (Lipinski definition) is 3. The van der Waals surface area contributed by atoms with Crippen molar-refractivity contribution in [2.75, 3.05) is 44.7 Å². The molecule has 3 heterocycles. The van der Waals surface area contributed by atoms with Crippen LogP contribution in [0.15, 0.2) is 59.9 Å². The van der Waals surface area contributed by atoms with Crippen LogP contribution >= 0.6 is 0 Å². The first-order valence-corrected chi connectivity index (χ1v) is 10.0. The van der Waals surface area contributed by atoms with Crippen molar-refractivity contribution in [2.24, 2.45) is 4.99 Å². The van der Waals surface area contributed by atoms with E-state index in [1.807, 2.05) is 25.4 Å². The number of aryl methyl sites for hydroxylation is 1. The highest BCUT2D eigenvalue weighted by atomic mass is 15.4. The van der Waals surface area contributed by atoms with E-state index in [4.69, 9.17) is 0 Å². The Morgan fingerprint density at radius 2 is 1.93 bits per heavy atom. The molecule has 1 aliphatic rings. The van der Waals surface area contributed by atoms with E-state index in [9.17, 15) is 0 Å². The minimum absolute atomic E-state index is 0.923. The van der Waals surface area contributed by atoms with Gasteiger partial charge in [0.2, 0.25) is 0 Å². The van der Waals surface area contributed by atoms with Gasteiger partial charge in [-0.1, -0.05) is 24.3 Å². The van der Waals surface area contributed by atoms with Crippen molar-refractivity contribution < 1.29 is 0 Å². The summed E-state index contributed by atoms with van der Waals surface area (Å²) in [6.07, 6.45) is 6.13. The number of guanidine groups is 1. The lowest BCUT2D eigenvalue weighted by Gasteiger charge is -2.37. The molecule has 0 saturated carbocycles. The van der Waals surface area contributed by atoms with Crippen LogP contribution < -0.4 is 10.2 Å². The molecule has 0 amide bonds. The normalized spacial score (nSPS) is 15.2. The summed E-state index contributed by atoms with van der Waals surface area (Å²) in [5, 5.41) is 4.87. The molecule has 1 aromatic carbocycles. The first-order valence-electron chi connectivity index (χ1n) is 10.0. The van der Waals surface area contributed by atoms with E-state index in [-0.39, 0.29) is 0 Å². The Labute approximate surface area is 166 Å². The lowest BCUT2D eigenvalue weighted by atomic mass is 10.1. The fourth-order valence-electron chi connectivity index (χ4n) is 3.84. The van der Waals surface area contributed by atoms with Gasteiger partial charge in [0.25, 0.3) is 0 Å². The summed E-state index contributed by atoms with van der Waals surface area (Å²) >= 11 is 0. The molecule has 0 atom stereocenters. The molecule has 1 saturated heterocycles. The van der Waals surface area contributed by atoms with Gasteiger partial charge in [0, 0.05) is 63.1 Å². The van der Waals surface area contributed by atoms with Crippen molar-refractivity contribution in [3.05, 3.63) is 60.4 Å². The van der Waals surface area contributed by atoms with Crippen molar-refractivity contribution in [1.82, 2.24) is 20.2 Å². The van der Waals surface area contributed by atoms with E-state index in [0.717, 1.165) is 57.3 Å². The summed E-state index contributed by atoms with van der Waals surface area (Å²) in [6.45, 7) is 4.77. The summed E-state index contributed by atoms with van der Waals surface area (Å²) < 4.78 is 0. The third-order valence-corrected chi connectivity index (χ3v) is 5.35. The number of nitrogens with one attached hydrogen (secondary N) is 2. The highest BCUT2D eigenvalue weighted by Gasteiger charge is 2.20. The van der Waals surface area contributed by atoms with E-state index >= 15 is 0 Å². The lowest BCUT2D eigenvalue weighted by Crippen LogP contribution is -2.52. The summed E-state index contributed by atoms with van der Waals surface area (Å²) in [5.41, 5.74) is 2.60. The van der Waals surface area contributed by atoms with Gasteiger partial charge in [-0.2, -0.15) is 0 Å². The molecule has 146 valence electrons. The van der Waals surface area contributed by atoms with Crippen molar-refractivity contribution in [2.45, 2.75) is 12.8 Å². The monoisotopic (exact) mass is 376 g/mol. The van der Waals surface area contributed by atoms with Crippen LogP contribution in [0.2, 0.25) is 0 Å². The Kier molecular flexibility index (Phi) is 5.75. The number of piperazine rings is 1. The lowest BCUT2D eigenvalue weighted by molar-refractivity contribution is 0.371. The van der Waals surface area contributed by atoms with E-state index in [2.05, 4.69) is 66.6 Å². The van der Waals surface area contributed by atoms with Crippen LogP contribution in [0.3, 0.4) is 0 Å². The molecule has 1 fully saturated rings. The number of anilines is 1. The Bertz CT molecular complexity index is 909. The maximum atomic E-state index is 4.49. The van der Waals surface area contributed by atoms with Gasteiger partial charge in [-0.15, -0.1) is 0 Å². The van der Waals surface area contributed by atoms with Gasteiger partial charge >= 0.3 is 0 Å². The highest BCUT2D eigenvalue weighted by molar-refractivity contribution is 5.83. The third kappa shape index (κ3) is 4.11. The zero-order valence-corrected chi connectivity index (χ0v) is 16.4. The topological polar surface area (TPSA) is 59.6 Å². The van der Waals surface area contributed by atoms with Crippen LogP contribution in [0.5, 0.6) is 0 Å². The molecule has 0 unspecified atom stereocenters. The maximum Gasteiger partial charge on any atom is 0.193 e. The molecule has 4 rings (SSSR count). The Hall–Kier alpha value is -3.02. The van der Waals surface area contributed by atoms with Crippen molar-refractivity contribution in [3.8, 4) is 0 Å². The van der Waals surface area contributed by atoms with Gasteiger partial charge in [0.1, 0.15) is 5.82 Å². The van der Waals surface area contributed by atoms with Crippen LogP contribution in [0.4, 0.5) is 5.82 Å². The largest absolute Gasteiger partial charge is 0.361 e. The van der Waals surface area contributed by atoms with E-state index in [0.29, 0.717) is 0 Å². The van der Waals surface area contributed by atoms with Gasteiger partial charge in [0.15, 0.2) is 5.96 Å². The number of para-hydroxylation sites is 1. The summed E-state index contributed by atoms with van der Waals surface area (Å²) in [7, 11) is 1.87. The molecule has 0 aliphatic carbocycles. The van der Waals surface area contributed by atoms with Crippen molar-refractivity contribution in [1.29, 1.82) is 0 Å². The molecule has 1 aliphatic heterocycles. The number of aromatic nitrogens is 2. The van der Waals surface area contributed by atoms with Crippen LogP contribution in [0, 0.1) is 0 Å².